The molecule has 0 fully saturated rings. The fourth-order valence-corrected chi connectivity index (χ4v) is 3.62. The molecule has 180 valence electrons. The number of phosphoric acid groups is 1. The Bertz CT molecular complexity index is 483. The van der Waals surface area contributed by atoms with Gasteiger partial charge in [-0.3, -0.25) is 9.05 Å². The molecule has 0 saturated carbocycles. The van der Waals surface area contributed by atoms with E-state index in [4.69, 9.17) is 14.8 Å². The van der Waals surface area contributed by atoms with Crippen LogP contribution in [-0.2, 0) is 13.6 Å². The molecule has 30 heavy (non-hydrogen) atoms. The fourth-order valence-electron chi connectivity index (χ4n) is 2.87. The zero-order valence-electron chi connectivity index (χ0n) is 19.8. The number of unbranched alkanes of at least 4 members (excludes halogenated alkanes) is 10. The van der Waals surface area contributed by atoms with Crippen molar-refractivity contribution in [3.05, 3.63) is 12.2 Å². The van der Waals surface area contributed by atoms with Crippen LogP contribution in [0.2, 0.25) is 0 Å². The molecule has 7 nitrogen and oxygen atoms in total. The van der Waals surface area contributed by atoms with Crippen molar-refractivity contribution in [2.75, 3.05) is 40.9 Å². The van der Waals surface area contributed by atoms with E-state index in [-0.39, 0.29) is 13.2 Å². The Hall–Kier alpha value is -0.270. The van der Waals surface area contributed by atoms with E-state index in [9.17, 15) is 14.6 Å². The van der Waals surface area contributed by atoms with Crippen LogP contribution in [0, 0.1) is 0 Å². The Morgan fingerprint density at radius 2 is 1.50 bits per heavy atom. The van der Waals surface area contributed by atoms with Gasteiger partial charge in [0.25, 0.3) is 0 Å². The lowest BCUT2D eigenvalue weighted by atomic mass is 10.1. The predicted octanol–water partition coefficient (Wildman–Crippen LogP) is 4.38. The lowest BCUT2D eigenvalue weighted by Gasteiger charge is -2.24. The maximum atomic E-state index is 11.8. The van der Waals surface area contributed by atoms with E-state index in [0.717, 1.165) is 12.8 Å². The molecule has 0 aliphatic carbocycles. The second-order valence-corrected chi connectivity index (χ2v) is 10.6. The molecular weight excluding hydrogens is 403 g/mol. The molecular formula is C22H48N2O5P+. The molecule has 4 N–H and O–H groups in total. The molecule has 3 atom stereocenters. The number of phosphoric ester groups is 1. The van der Waals surface area contributed by atoms with Crippen molar-refractivity contribution < 1.29 is 28.1 Å². The number of hydrogen-bond acceptors (Lipinski definition) is 5. The summed E-state index contributed by atoms with van der Waals surface area (Å²) in [5.74, 6) is 0. The van der Waals surface area contributed by atoms with Crippen LogP contribution in [0.15, 0.2) is 12.2 Å². The summed E-state index contributed by atoms with van der Waals surface area (Å²) >= 11 is 0. The second-order valence-electron chi connectivity index (χ2n) is 9.16. The van der Waals surface area contributed by atoms with Crippen molar-refractivity contribution in [2.45, 2.75) is 89.7 Å². The van der Waals surface area contributed by atoms with Crippen LogP contribution >= 0.6 is 7.82 Å². The van der Waals surface area contributed by atoms with Crippen LogP contribution in [0.5, 0.6) is 0 Å². The Kier molecular flexibility index (Phi) is 17.1. The van der Waals surface area contributed by atoms with Crippen molar-refractivity contribution in [1.29, 1.82) is 0 Å². The molecule has 0 saturated heterocycles. The van der Waals surface area contributed by atoms with Gasteiger partial charge in [-0.1, -0.05) is 76.9 Å². The van der Waals surface area contributed by atoms with Gasteiger partial charge in [-0.15, -0.1) is 0 Å². The third-order valence-electron chi connectivity index (χ3n) is 4.94. The summed E-state index contributed by atoms with van der Waals surface area (Å²) in [5, 5.41) is 10.1. The van der Waals surface area contributed by atoms with Gasteiger partial charge >= 0.3 is 7.82 Å². The molecule has 0 aliphatic rings. The molecule has 0 aromatic carbocycles. The Labute approximate surface area is 184 Å². The van der Waals surface area contributed by atoms with Gasteiger partial charge in [0, 0.05) is 0 Å². The molecule has 0 aliphatic heterocycles. The highest BCUT2D eigenvalue weighted by atomic mass is 31.2. The van der Waals surface area contributed by atoms with E-state index in [1.54, 1.807) is 6.08 Å². The minimum Gasteiger partial charge on any atom is -0.387 e. The first-order valence-corrected chi connectivity index (χ1v) is 13.1. The van der Waals surface area contributed by atoms with Crippen LogP contribution in [-0.4, -0.2) is 67.5 Å². The number of quaternary nitrogens is 1. The average Bonchev–Trinajstić information content (AvgIpc) is 2.65. The third-order valence-corrected chi connectivity index (χ3v) is 5.93. The van der Waals surface area contributed by atoms with Gasteiger partial charge in [-0.2, -0.15) is 0 Å². The van der Waals surface area contributed by atoms with Crippen LogP contribution in [0.4, 0.5) is 0 Å². The largest absolute Gasteiger partial charge is 0.472 e. The van der Waals surface area contributed by atoms with Crippen LogP contribution in [0.3, 0.4) is 0 Å². The molecule has 0 heterocycles. The molecule has 0 amide bonds. The second kappa shape index (κ2) is 17.3. The lowest BCUT2D eigenvalue weighted by Crippen LogP contribution is -2.38. The minimum absolute atomic E-state index is 0.105. The van der Waals surface area contributed by atoms with Crippen molar-refractivity contribution in [3.8, 4) is 0 Å². The van der Waals surface area contributed by atoms with E-state index in [1.807, 2.05) is 27.2 Å². The van der Waals surface area contributed by atoms with Crippen LogP contribution in [0.1, 0.15) is 77.6 Å². The summed E-state index contributed by atoms with van der Waals surface area (Å²) in [6.45, 7) is 2.67. The van der Waals surface area contributed by atoms with Gasteiger partial charge in [0.15, 0.2) is 0 Å². The van der Waals surface area contributed by atoms with Crippen LogP contribution < -0.4 is 5.73 Å². The van der Waals surface area contributed by atoms with Crippen molar-refractivity contribution in [1.82, 2.24) is 0 Å². The minimum atomic E-state index is -4.16. The smallest absolute Gasteiger partial charge is 0.387 e. The lowest BCUT2D eigenvalue weighted by molar-refractivity contribution is -0.870. The van der Waals surface area contributed by atoms with Crippen LogP contribution in [0.25, 0.3) is 0 Å². The Morgan fingerprint density at radius 1 is 0.967 bits per heavy atom. The summed E-state index contributed by atoms with van der Waals surface area (Å²) in [6.07, 6.45) is 16.5. The van der Waals surface area contributed by atoms with Gasteiger partial charge in [0.1, 0.15) is 13.2 Å². The summed E-state index contributed by atoms with van der Waals surface area (Å²) < 4.78 is 22.3. The molecule has 8 heteroatoms. The fraction of sp³-hybridized carbons (Fsp3) is 0.909. The normalized spacial score (nSPS) is 16.6. The molecule has 0 rings (SSSR count). The summed E-state index contributed by atoms with van der Waals surface area (Å²) in [4.78, 5) is 9.68. The number of aliphatic hydroxyl groups excluding tert-OH is 1. The first-order valence-electron chi connectivity index (χ1n) is 11.6. The molecule has 0 bridgehead atoms. The maximum absolute atomic E-state index is 11.8. The average molecular weight is 452 g/mol. The van der Waals surface area contributed by atoms with E-state index in [2.05, 4.69) is 6.92 Å². The topological polar surface area (TPSA) is 102 Å². The molecule has 0 aromatic heterocycles. The summed E-state index contributed by atoms with van der Waals surface area (Å²) in [7, 11) is 1.72. The van der Waals surface area contributed by atoms with Gasteiger partial charge in [-0.05, 0) is 12.8 Å². The SMILES string of the molecule is CCCCCCCCCCCC/C=C/C(O)C(N)COP(=O)(O)OCC[N+](C)(C)C. The van der Waals surface area contributed by atoms with E-state index in [0.29, 0.717) is 11.0 Å². The number of rotatable bonds is 20. The molecule has 0 aromatic rings. The van der Waals surface area contributed by atoms with Gasteiger partial charge in [0.2, 0.25) is 0 Å². The number of nitrogens with two attached hydrogens (primary N) is 1. The van der Waals surface area contributed by atoms with Crippen molar-refractivity contribution in [3.63, 3.8) is 0 Å². The number of aliphatic hydroxyl groups is 1. The summed E-state index contributed by atoms with van der Waals surface area (Å²) in [5.41, 5.74) is 5.84. The first-order chi connectivity index (χ1) is 14.1. The highest BCUT2D eigenvalue weighted by Crippen LogP contribution is 2.43. The number of nitrogens with zero attached hydrogens (tertiary/aromatic N) is 1. The van der Waals surface area contributed by atoms with E-state index >= 15 is 0 Å². The van der Waals surface area contributed by atoms with Gasteiger partial charge < -0.3 is 20.2 Å². The monoisotopic (exact) mass is 451 g/mol. The third kappa shape index (κ3) is 19.7. The summed E-state index contributed by atoms with van der Waals surface area (Å²) in [6, 6.07) is -0.781. The zero-order chi connectivity index (χ0) is 22.9. The number of hydrogen-bond donors (Lipinski definition) is 3. The number of allylic oxidation sites excluding steroid dienone is 1. The first kappa shape index (κ1) is 29.7. The van der Waals surface area contributed by atoms with Crippen molar-refractivity contribution in [2.24, 2.45) is 5.73 Å². The Balaban J connectivity index is 3.77. The van der Waals surface area contributed by atoms with E-state index in [1.165, 1.54) is 57.8 Å². The molecule has 3 unspecified atom stereocenters. The molecule has 0 spiro atoms. The maximum Gasteiger partial charge on any atom is 0.472 e. The van der Waals surface area contributed by atoms with Gasteiger partial charge in [0.05, 0.1) is 39.9 Å². The Morgan fingerprint density at radius 3 is 2.03 bits per heavy atom. The standard InChI is InChI=1S/C22H47N2O5P/c1-5-6-7-8-9-10-11-12-13-14-15-16-17-22(25)21(23)20-29-30(26,27)28-19-18-24(2,3)4/h16-17,21-22,25H,5-15,18-20,23H2,1-4H3/p+1/b17-16+. The van der Waals surface area contributed by atoms with Crippen molar-refractivity contribution >= 4 is 7.82 Å². The quantitative estimate of drug-likeness (QED) is 0.110. The molecule has 0 radical (unpaired) electrons. The predicted molar refractivity (Wildman–Crippen MR) is 124 cm³/mol. The highest BCUT2D eigenvalue weighted by molar-refractivity contribution is 7.47. The number of likely N-dealkylation sites (N-methyl/N-ethyl adjacent to an activating group) is 1. The highest BCUT2D eigenvalue weighted by Gasteiger charge is 2.25. The van der Waals surface area contributed by atoms with E-state index < -0.39 is 20.0 Å². The zero-order valence-corrected chi connectivity index (χ0v) is 20.7. The van der Waals surface area contributed by atoms with Gasteiger partial charge in [-0.25, -0.2) is 4.57 Å².